The molecule has 0 unspecified atom stereocenters. The highest BCUT2D eigenvalue weighted by Gasteiger charge is 2.24. The molecule has 1 saturated carbocycles. The van der Waals surface area contributed by atoms with Gasteiger partial charge in [0.25, 0.3) is 5.91 Å². The van der Waals surface area contributed by atoms with Crippen LogP contribution in [0, 0.1) is 5.92 Å². The summed E-state index contributed by atoms with van der Waals surface area (Å²) >= 11 is 0. The number of amides is 1. The van der Waals surface area contributed by atoms with Crippen LogP contribution >= 0.6 is 0 Å². The molecule has 0 bridgehead atoms. The molecule has 152 valence electrons. The maximum absolute atomic E-state index is 12.7. The number of sulfonamides is 1. The van der Waals surface area contributed by atoms with Gasteiger partial charge in [-0.3, -0.25) is 4.79 Å². The van der Waals surface area contributed by atoms with Gasteiger partial charge in [-0.25, -0.2) is 8.42 Å². The number of methoxy groups -OCH3 is 1. The molecule has 1 fully saturated rings. The van der Waals surface area contributed by atoms with Gasteiger partial charge in [0.15, 0.2) is 0 Å². The van der Waals surface area contributed by atoms with E-state index in [1.807, 2.05) is 0 Å². The Morgan fingerprint density at radius 3 is 2.56 bits per heavy atom. The molecule has 1 aliphatic rings. The summed E-state index contributed by atoms with van der Waals surface area (Å²) in [4.78, 5) is 12.6. The molecule has 1 aromatic carbocycles. The van der Waals surface area contributed by atoms with Crippen LogP contribution in [0.4, 0.5) is 0 Å². The maximum Gasteiger partial charge on any atom is 0.255 e. The number of ether oxygens (including phenoxy) is 2. The van der Waals surface area contributed by atoms with E-state index in [0.29, 0.717) is 38.4 Å². The fraction of sp³-hybridized carbons (Fsp3) is 0.632. The Morgan fingerprint density at radius 1 is 1.26 bits per heavy atom. The molecule has 2 rings (SSSR count). The average Bonchev–Trinajstić information content (AvgIpc) is 3.49. The Morgan fingerprint density at radius 2 is 1.96 bits per heavy atom. The van der Waals surface area contributed by atoms with Crippen molar-refractivity contribution in [3.05, 3.63) is 23.8 Å². The largest absolute Gasteiger partial charge is 0.496 e. The van der Waals surface area contributed by atoms with Gasteiger partial charge in [-0.1, -0.05) is 13.8 Å². The van der Waals surface area contributed by atoms with Gasteiger partial charge in [0, 0.05) is 32.8 Å². The first-order chi connectivity index (χ1) is 12.9. The van der Waals surface area contributed by atoms with Crippen molar-refractivity contribution in [3.63, 3.8) is 0 Å². The highest BCUT2D eigenvalue weighted by atomic mass is 32.2. The maximum atomic E-state index is 12.7. The van der Waals surface area contributed by atoms with Gasteiger partial charge in [-0.2, -0.15) is 4.31 Å². The topological polar surface area (TPSA) is 84.9 Å². The first-order valence-electron chi connectivity index (χ1n) is 9.48. The molecule has 0 atom stereocenters. The third kappa shape index (κ3) is 5.92. The molecule has 0 aliphatic heterocycles. The Labute approximate surface area is 162 Å². The molecule has 7 nitrogen and oxygen atoms in total. The average molecular weight is 399 g/mol. The molecular formula is C19H30N2O5S. The highest BCUT2D eigenvalue weighted by Crippen LogP contribution is 2.28. The van der Waals surface area contributed by atoms with Crippen LogP contribution in [-0.4, -0.2) is 58.6 Å². The molecule has 0 radical (unpaired) electrons. The van der Waals surface area contributed by atoms with Crippen LogP contribution in [-0.2, 0) is 14.8 Å². The second-order valence-electron chi connectivity index (χ2n) is 6.58. The number of carbonyl (C=O) groups excluding carboxylic acids is 1. The van der Waals surface area contributed by atoms with E-state index in [9.17, 15) is 13.2 Å². The number of hydrogen-bond acceptors (Lipinski definition) is 5. The van der Waals surface area contributed by atoms with Crippen molar-refractivity contribution < 1.29 is 22.7 Å². The van der Waals surface area contributed by atoms with E-state index in [4.69, 9.17) is 9.47 Å². The summed E-state index contributed by atoms with van der Waals surface area (Å²) in [7, 11) is -2.18. The number of hydrogen-bond donors (Lipinski definition) is 1. The summed E-state index contributed by atoms with van der Waals surface area (Å²) in [5, 5.41) is 2.81. The van der Waals surface area contributed by atoms with E-state index in [1.54, 1.807) is 13.8 Å². The molecule has 1 aliphatic carbocycles. The van der Waals surface area contributed by atoms with Gasteiger partial charge in [0.2, 0.25) is 10.0 Å². The van der Waals surface area contributed by atoms with E-state index < -0.39 is 10.0 Å². The van der Waals surface area contributed by atoms with Gasteiger partial charge >= 0.3 is 0 Å². The minimum Gasteiger partial charge on any atom is -0.496 e. The normalized spacial score (nSPS) is 14.4. The van der Waals surface area contributed by atoms with Crippen molar-refractivity contribution in [2.75, 3.05) is 40.0 Å². The van der Waals surface area contributed by atoms with Crippen LogP contribution < -0.4 is 10.1 Å². The molecule has 1 aromatic rings. The highest BCUT2D eigenvalue weighted by molar-refractivity contribution is 7.89. The summed E-state index contributed by atoms with van der Waals surface area (Å²) in [6.45, 7) is 6.16. The van der Waals surface area contributed by atoms with Crippen molar-refractivity contribution in [1.82, 2.24) is 9.62 Å². The minimum atomic E-state index is -3.64. The Balaban J connectivity index is 2.01. The lowest BCUT2D eigenvalue weighted by atomic mass is 10.2. The molecule has 0 spiro atoms. The fourth-order valence-corrected chi connectivity index (χ4v) is 4.23. The van der Waals surface area contributed by atoms with Crippen molar-refractivity contribution in [3.8, 4) is 5.75 Å². The van der Waals surface area contributed by atoms with Gasteiger partial charge in [-0.15, -0.1) is 0 Å². The molecule has 1 N–H and O–H groups in total. The second kappa shape index (κ2) is 10.1. The van der Waals surface area contributed by atoms with Crippen LogP contribution in [0.25, 0.3) is 0 Å². The van der Waals surface area contributed by atoms with Gasteiger partial charge in [0.05, 0.1) is 17.6 Å². The summed E-state index contributed by atoms with van der Waals surface area (Å²) in [5.74, 6) is 0.709. The third-order valence-electron chi connectivity index (χ3n) is 4.56. The first kappa shape index (κ1) is 21.7. The van der Waals surface area contributed by atoms with E-state index >= 15 is 0 Å². The number of benzene rings is 1. The summed E-state index contributed by atoms with van der Waals surface area (Å²) < 4.78 is 37.5. The van der Waals surface area contributed by atoms with E-state index in [-0.39, 0.29) is 16.4 Å². The Kier molecular flexibility index (Phi) is 8.07. The predicted molar refractivity (Wildman–Crippen MR) is 104 cm³/mol. The zero-order chi connectivity index (χ0) is 19.9. The SMILES string of the molecule is CCN(CC)S(=O)(=O)c1ccc(OC)c(C(=O)NCCCOCC2CC2)c1. The van der Waals surface area contributed by atoms with E-state index in [2.05, 4.69) is 5.32 Å². The van der Waals surface area contributed by atoms with Crippen molar-refractivity contribution in [2.24, 2.45) is 5.92 Å². The number of nitrogens with zero attached hydrogens (tertiary/aromatic N) is 1. The number of carbonyl (C=O) groups is 1. The van der Waals surface area contributed by atoms with Crippen LogP contribution in [0.1, 0.15) is 43.5 Å². The molecule has 8 heteroatoms. The van der Waals surface area contributed by atoms with Gasteiger partial charge in [-0.05, 0) is 43.4 Å². The minimum absolute atomic E-state index is 0.0879. The third-order valence-corrected chi connectivity index (χ3v) is 6.61. The Bertz CT molecular complexity index is 728. The molecule has 1 amide bonds. The lowest BCUT2D eigenvalue weighted by molar-refractivity contribution is 0.0934. The summed E-state index contributed by atoms with van der Waals surface area (Å²) in [6.07, 6.45) is 3.21. The van der Waals surface area contributed by atoms with Crippen molar-refractivity contribution >= 4 is 15.9 Å². The van der Waals surface area contributed by atoms with E-state index in [0.717, 1.165) is 12.5 Å². The molecular weight excluding hydrogens is 368 g/mol. The van der Waals surface area contributed by atoms with Crippen LogP contribution in [0.3, 0.4) is 0 Å². The lowest BCUT2D eigenvalue weighted by Gasteiger charge is -2.19. The molecule has 27 heavy (non-hydrogen) atoms. The van der Waals surface area contributed by atoms with Crippen molar-refractivity contribution in [2.45, 2.75) is 38.0 Å². The zero-order valence-electron chi connectivity index (χ0n) is 16.4. The fourth-order valence-electron chi connectivity index (χ4n) is 2.74. The lowest BCUT2D eigenvalue weighted by Crippen LogP contribution is -2.31. The number of rotatable bonds is 12. The first-order valence-corrected chi connectivity index (χ1v) is 10.9. The smallest absolute Gasteiger partial charge is 0.255 e. The molecule has 0 saturated heterocycles. The van der Waals surface area contributed by atoms with Crippen LogP contribution in [0.5, 0.6) is 5.75 Å². The summed E-state index contributed by atoms with van der Waals surface area (Å²) in [6, 6.07) is 4.37. The van der Waals surface area contributed by atoms with Crippen LogP contribution in [0.15, 0.2) is 23.1 Å². The standard InChI is InChI=1S/C19H30N2O5S/c1-4-21(5-2)27(23,24)16-9-10-18(25-3)17(13-16)19(22)20-11-6-12-26-14-15-7-8-15/h9-10,13,15H,4-8,11-12,14H2,1-3H3,(H,20,22). The van der Waals surface area contributed by atoms with Gasteiger partial charge < -0.3 is 14.8 Å². The Hall–Kier alpha value is -1.64. The zero-order valence-corrected chi connectivity index (χ0v) is 17.2. The summed E-state index contributed by atoms with van der Waals surface area (Å²) in [5.41, 5.74) is 0.213. The number of nitrogens with one attached hydrogen (secondary N) is 1. The quantitative estimate of drug-likeness (QED) is 0.546. The monoisotopic (exact) mass is 398 g/mol. The molecule has 0 heterocycles. The van der Waals surface area contributed by atoms with E-state index in [1.165, 1.54) is 42.5 Å². The molecule has 0 aromatic heterocycles. The van der Waals surface area contributed by atoms with Crippen LogP contribution in [0.2, 0.25) is 0 Å². The second-order valence-corrected chi connectivity index (χ2v) is 8.52. The van der Waals surface area contributed by atoms with Crippen molar-refractivity contribution in [1.29, 1.82) is 0 Å². The predicted octanol–water partition coefficient (Wildman–Crippen LogP) is 2.27. The van der Waals surface area contributed by atoms with Gasteiger partial charge in [0.1, 0.15) is 5.75 Å².